The van der Waals surface area contributed by atoms with Gasteiger partial charge in [-0.25, -0.2) is 4.79 Å². The zero-order valence-corrected chi connectivity index (χ0v) is 9.77. The molecule has 0 bridgehead atoms. The van der Waals surface area contributed by atoms with Crippen LogP contribution in [0.2, 0.25) is 5.02 Å². The normalized spacial score (nSPS) is 9.31. The van der Waals surface area contributed by atoms with Gasteiger partial charge in [-0.05, 0) is 24.6 Å². The zero-order chi connectivity index (χ0) is 12.0. The fraction of sp³-hybridized carbons (Fsp3) is 0.250. The number of aryl methyl sites for hydroxylation is 1. The fourth-order valence-electron chi connectivity index (χ4n) is 1.09. The summed E-state index contributed by atoms with van der Waals surface area (Å²) in [5, 5.41) is 5.92. The third kappa shape index (κ3) is 3.84. The van der Waals surface area contributed by atoms with Gasteiger partial charge in [0, 0.05) is 23.7 Å². The average molecular weight is 237 g/mol. The number of hydrogen-bond donors (Lipinski definition) is 2. The number of benzene rings is 1. The summed E-state index contributed by atoms with van der Waals surface area (Å²) >= 11 is 5.93. The average Bonchev–Trinajstić information content (AvgIpc) is 2.24. The second kappa shape index (κ2) is 6.04. The summed E-state index contributed by atoms with van der Waals surface area (Å²) < 4.78 is 0. The highest BCUT2D eigenvalue weighted by Gasteiger charge is 2.02. The van der Waals surface area contributed by atoms with Gasteiger partial charge in [0.05, 0.1) is 0 Å². The molecule has 0 aliphatic carbocycles. The highest BCUT2D eigenvalue weighted by molar-refractivity contribution is 6.31. The SMILES string of the molecule is C#CCCNC(=O)Nc1ccc(C)c(Cl)c1. The zero-order valence-electron chi connectivity index (χ0n) is 9.01. The molecule has 0 unspecified atom stereocenters. The van der Waals surface area contributed by atoms with Crippen LogP contribution in [0, 0.1) is 19.3 Å². The molecule has 0 heterocycles. The highest BCUT2D eigenvalue weighted by Crippen LogP contribution is 2.19. The summed E-state index contributed by atoms with van der Waals surface area (Å²) in [6.07, 6.45) is 5.58. The smallest absolute Gasteiger partial charge is 0.319 e. The summed E-state index contributed by atoms with van der Waals surface area (Å²) in [6, 6.07) is 5.06. The van der Waals surface area contributed by atoms with E-state index in [2.05, 4.69) is 16.6 Å². The number of terminal acetylenes is 1. The molecular formula is C12H13ClN2O. The first kappa shape index (κ1) is 12.4. The number of amides is 2. The maximum absolute atomic E-state index is 11.3. The molecule has 0 radical (unpaired) electrons. The van der Waals surface area contributed by atoms with Crippen molar-refractivity contribution >= 4 is 23.3 Å². The molecule has 84 valence electrons. The van der Waals surface area contributed by atoms with E-state index in [1.165, 1.54) is 0 Å². The highest BCUT2D eigenvalue weighted by atomic mass is 35.5. The van der Waals surface area contributed by atoms with Crippen LogP contribution in [0.15, 0.2) is 18.2 Å². The van der Waals surface area contributed by atoms with Crippen LogP contribution in [-0.2, 0) is 0 Å². The van der Waals surface area contributed by atoms with Crippen molar-refractivity contribution in [2.45, 2.75) is 13.3 Å². The minimum Gasteiger partial charge on any atom is -0.337 e. The van der Waals surface area contributed by atoms with Crippen molar-refractivity contribution < 1.29 is 4.79 Å². The van der Waals surface area contributed by atoms with Gasteiger partial charge in [-0.1, -0.05) is 17.7 Å². The lowest BCUT2D eigenvalue weighted by Crippen LogP contribution is -2.29. The maximum Gasteiger partial charge on any atom is 0.319 e. The van der Waals surface area contributed by atoms with Crippen molar-refractivity contribution in [3.8, 4) is 12.3 Å². The van der Waals surface area contributed by atoms with E-state index in [1.54, 1.807) is 12.1 Å². The van der Waals surface area contributed by atoms with Crippen LogP contribution in [0.1, 0.15) is 12.0 Å². The Balaban J connectivity index is 2.50. The molecule has 1 aromatic carbocycles. The molecule has 0 aromatic heterocycles. The number of nitrogens with one attached hydrogen (secondary N) is 2. The predicted molar refractivity (Wildman–Crippen MR) is 66.7 cm³/mol. The van der Waals surface area contributed by atoms with Crippen LogP contribution in [0.25, 0.3) is 0 Å². The van der Waals surface area contributed by atoms with Crippen molar-refractivity contribution in [2.24, 2.45) is 0 Å². The van der Waals surface area contributed by atoms with Gasteiger partial charge in [-0.3, -0.25) is 0 Å². The predicted octanol–water partition coefficient (Wildman–Crippen LogP) is 2.79. The molecule has 0 spiro atoms. The molecule has 0 atom stereocenters. The van der Waals surface area contributed by atoms with Crippen molar-refractivity contribution in [1.29, 1.82) is 0 Å². The van der Waals surface area contributed by atoms with Gasteiger partial charge >= 0.3 is 6.03 Å². The number of carbonyl (C=O) groups excluding carboxylic acids is 1. The van der Waals surface area contributed by atoms with Gasteiger partial charge in [0.2, 0.25) is 0 Å². The number of carbonyl (C=O) groups is 1. The number of anilines is 1. The van der Waals surface area contributed by atoms with Crippen LogP contribution in [0.5, 0.6) is 0 Å². The summed E-state index contributed by atoms with van der Waals surface area (Å²) in [4.78, 5) is 11.3. The Morgan fingerprint density at radius 1 is 1.56 bits per heavy atom. The summed E-state index contributed by atoms with van der Waals surface area (Å²) in [6.45, 7) is 2.36. The molecule has 3 nitrogen and oxygen atoms in total. The van der Waals surface area contributed by atoms with Gasteiger partial charge in [-0.15, -0.1) is 12.3 Å². The summed E-state index contributed by atoms with van der Waals surface area (Å²) in [5.41, 5.74) is 1.63. The topological polar surface area (TPSA) is 41.1 Å². The number of hydrogen-bond acceptors (Lipinski definition) is 1. The molecule has 4 heteroatoms. The van der Waals surface area contributed by atoms with Gasteiger partial charge in [0.25, 0.3) is 0 Å². The van der Waals surface area contributed by atoms with Crippen molar-refractivity contribution in [1.82, 2.24) is 5.32 Å². The first-order chi connectivity index (χ1) is 7.63. The van der Waals surface area contributed by atoms with E-state index in [4.69, 9.17) is 18.0 Å². The number of rotatable bonds is 3. The summed E-state index contributed by atoms with van der Waals surface area (Å²) in [5.74, 6) is 2.44. The second-order valence-electron chi connectivity index (χ2n) is 3.30. The quantitative estimate of drug-likeness (QED) is 0.615. The fourth-order valence-corrected chi connectivity index (χ4v) is 1.27. The molecule has 16 heavy (non-hydrogen) atoms. The molecule has 0 aliphatic rings. The van der Waals surface area contributed by atoms with Gasteiger partial charge in [-0.2, -0.15) is 0 Å². The first-order valence-corrected chi connectivity index (χ1v) is 5.25. The molecule has 0 fully saturated rings. The molecule has 1 aromatic rings. The standard InChI is InChI=1S/C12H13ClN2O/c1-3-4-7-14-12(16)15-10-6-5-9(2)11(13)8-10/h1,5-6,8H,4,7H2,2H3,(H2,14,15,16). The molecule has 2 N–H and O–H groups in total. The van der Waals surface area contributed by atoms with Crippen LogP contribution in [-0.4, -0.2) is 12.6 Å². The Morgan fingerprint density at radius 2 is 2.31 bits per heavy atom. The van der Waals surface area contributed by atoms with Crippen molar-refractivity contribution in [3.05, 3.63) is 28.8 Å². The number of halogens is 1. The van der Waals surface area contributed by atoms with Crippen molar-refractivity contribution in [3.63, 3.8) is 0 Å². The van der Waals surface area contributed by atoms with Gasteiger partial charge in [0.15, 0.2) is 0 Å². The number of urea groups is 1. The largest absolute Gasteiger partial charge is 0.337 e. The third-order valence-corrected chi connectivity index (χ3v) is 2.39. The Morgan fingerprint density at radius 3 is 2.94 bits per heavy atom. The molecule has 0 saturated heterocycles. The van der Waals surface area contributed by atoms with E-state index < -0.39 is 0 Å². The molecule has 0 aliphatic heterocycles. The van der Waals surface area contributed by atoms with E-state index in [9.17, 15) is 4.79 Å². The van der Waals surface area contributed by atoms with Crippen LogP contribution in [0.4, 0.5) is 10.5 Å². The monoisotopic (exact) mass is 236 g/mol. The molecule has 0 saturated carbocycles. The van der Waals surface area contributed by atoms with Gasteiger partial charge < -0.3 is 10.6 Å². The van der Waals surface area contributed by atoms with E-state index >= 15 is 0 Å². The Labute approximate surface area is 100 Å². The minimum absolute atomic E-state index is 0.282. The Bertz CT molecular complexity index is 424. The lowest BCUT2D eigenvalue weighted by Gasteiger charge is -2.07. The second-order valence-corrected chi connectivity index (χ2v) is 3.71. The Kier molecular flexibility index (Phi) is 4.68. The maximum atomic E-state index is 11.3. The van der Waals surface area contributed by atoms with E-state index in [0.717, 1.165) is 5.56 Å². The molecular weight excluding hydrogens is 224 g/mol. The van der Waals surface area contributed by atoms with E-state index in [0.29, 0.717) is 23.7 Å². The molecule has 2 amide bonds. The first-order valence-electron chi connectivity index (χ1n) is 4.88. The van der Waals surface area contributed by atoms with Crippen LogP contribution in [0.3, 0.4) is 0 Å². The lowest BCUT2D eigenvalue weighted by molar-refractivity contribution is 0.252. The van der Waals surface area contributed by atoms with E-state index in [-0.39, 0.29) is 6.03 Å². The van der Waals surface area contributed by atoms with Gasteiger partial charge in [0.1, 0.15) is 0 Å². The molecule has 1 rings (SSSR count). The van der Waals surface area contributed by atoms with Crippen LogP contribution >= 0.6 is 11.6 Å². The lowest BCUT2D eigenvalue weighted by atomic mass is 10.2. The Hall–Kier alpha value is -1.66. The van der Waals surface area contributed by atoms with Crippen molar-refractivity contribution in [2.75, 3.05) is 11.9 Å². The minimum atomic E-state index is -0.282. The van der Waals surface area contributed by atoms with Crippen LogP contribution < -0.4 is 10.6 Å². The summed E-state index contributed by atoms with van der Waals surface area (Å²) in [7, 11) is 0. The third-order valence-electron chi connectivity index (χ3n) is 1.98. The van der Waals surface area contributed by atoms with E-state index in [1.807, 2.05) is 13.0 Å².